The lowest BCUT2D eigenvalue weighted by atomic mass is 10.2. The average Bonchev–Trinajstić information content (AvgIpc) is 2.87. The van der Waals surface area contributed by atoms with Crippen LogP contribution in [0, 0.1) is 0 Å². The van der Waals surface area contributed by atoms with Crippen LogP contribution in [0.1, 0.15) is 30.7 Å². The lowest BCUT2D eigenvalue weighted by Gasteiger charge is -2.15. The Morgan fingerprint density at radius 2 is 2.41 bits per heavy atom. The molecule has 2 N–H and O–H groups in total. The molecule has 1 saturated heterocycles. The molecule has 2 heterocycles. The van der Waals surface area contributed by atoms with E-state index in [0.29, 0.717) is 17.2 Å². The number of halogens is 1. The van der Waals surface area contributed by atoms with Gasteiger partial charge < -0.3 is 10.6 Å². The van der Waals surface area contributed by atoms with Crippen LogP contribution in [0.15, 0.2) is 12.1 Å². The van der Waals surface area contributed by atoms with E-state index in [1.54, 1.807) is 0 Å². The van der Waals surface area contributed by atoms with Crippen molar-refractivity contribution in [3.63, 3.8) is 0 Å². The Balaban J connectivity index is 1.92. The minimum Gasteiger partial charge on any atom is -0.347 e. The molecule has 1 aromatic heterocycles. The first kappa shape index (κ1) is 12.4. The van der Waals surface area contributed by atoms with Crippen molar-refractivity contribution in [3.8, 4) is 0 Å². The van der Waals surface area contributed by atoms with Crippen molar-refractivity contribution in [1.29, 1.82) is 0 Å². The lowest BCUT2D eigenvalue weighted by Crippen LogP contribution is -2.42. The summed E-state index contributed by atoms with van der Waals surface area (Å²) in [7, 11) is 0. The molecule has 1 aromatic rings. The van der Waals surface area contributed by atoms with E-state index < -0.39 is 0 Å². The second-order valence-corrected chi connectivity index (χ2v) is 5.78. The quantitative estimate of drug-likeness (QED) is 0.882. The largest absolute Gasteiger partial charge is 0.347 e. The molecule has 2 rings (SSSR count). The molecule has 0 aliphatic carbocycles. The number of rotatable bonds is 3. The molecule has 0 spiro atoms. The van der Waals surface area contributed by atoms with Crippen molar-refractivity contribution in [3.05, 3.63) is 21.3 Å². The Bertz CT molecular complexity index is 446. The van der Waals surface area contributed by atoms with Gasteiger partial charge >= 0.3 is 0 Å². The highest BCUT2D eigenvalue weighted by Gasteiger charge is 2.28. The number of hydrogen-bond donors (Lipinski definition) is 2. The Hall–Kier alpha value is -1.07. The summed E-state index contributed by atoms with van der Waals surface area (Å²) in [5.41, 5.74) is 0. The Morgan fingerprint density at radius 3 is 2.94 bits per heavy atom. The molecule has 2 atom stereocenters. The summed E-state index contributed by atoms with van der Waals surface area (Å²) in [6.45, 7) is 1.90. The number of carbonyl (C=O) groups is 2. The molecular formula is C11H13ClN2O2S. The van der Waals surface area contributed by atoms with Gasteiger partial charge in [0, 0.05) is 11.3 Å². The van der Waals surface area contributed by atoms with E-state index in [9.17, 15) is 9.59 Å². The molecule has 0 unspecified atom stereocenters. The predicted octanol–water partition coefficient (Wildman–Crippen LogP) is 1.86. The fourth-order valence-corrected chi connectivity index (χ4v) is 2.82. The van der Waals surface area contributed by atoms with Gasteiger partial charge in [0.2, 0.25) is 11.8 Å². The van der Waals surface area contributed by atoms with Crippen molar-refractivity contribution >= 4 is 34.8 Å². The number of amides is 2. The van der Waals surface area contributed by atoms with Crippen molar-refractivity contribution in [2.75, 3.05) is 0 Å². The minimum atomic E-state index is -0.389. The maximum atomic E-state index is 11.8. The van der Waals surface area contributed by atoms with Gasteiger partial charge in [-0.25, -0.2) is 0 Å². The number of nitrogens with one attached hydrogen (secondary N) is 2. The summed E-state index contributed by atoms with van der Waals surface area (Å²) in [6.07, 6.45) is 1.000. The van der Waals surface area contributed by atoms with E-state index in [4.69, 9.17) is 11.6 Å². The average molecular weight is 273 g/mol. The van der Waals surface area contributed by atoms with Crippen molar-refractivity contribution in [2.45, 2.75) is 31.8 Å². The fourth-order valence-electron chi connectivity index (χ4n) is 1.76. The summed E-state index contributed by atoms with van der Waals surface area (Å²) >= 11 is 7.28. The Morgan fingerprint density at radius 1 is 1.65 bits per heavy atom. The number of hydrogen-bond acceptors (Lipinski definition) is 3. The third kappa shape index (κ3) is 2.98. The minimum absolute atomic E-state index is 0.0584. The first-order valence-electron chi connectivity index (χ1n) is 5.41. The van der Waals surface area contributed by atoms with E-state index in [1.807, 2.05) is 19.1 Å². The molecule has 17 heavy (non-hydrogen) atoms. The molecule has 4 nitrogen and oxygen atoms in total. The zero-order valence-corrected chi connectivity index (χ0v) is 10.9. The van der Waals surface area contributed by atoms with Gasteiger partial charge in [-0.3, -0.25) is 9.59 Å². The van der Waals surface area contributed by atoms with Crippen LogP contribution in [0.5, 0.6) is 0 Å². The smallest absolute Gasteiger partial charge is 0.243 e. The lowest BCUT2D eigenvalue weighted by molar-refractivity contribution is -0.126. The third-order valence-electron chi connectivity index (χ3n) is 2.69. The molecule has 1 aliphatic heterocycles. The molecule has 0 bridgehead atoms. The van der Waals surface area contributed by atoms with E-state index in [1.165, 1.54) is 11.3 Å². The number of thiophene rings is 1. The summed E-state index contributed by atoms with van der Waals surface area (Å²) in [4.78, 5) is 23.8. The molecular weight excluding hydrogens is 260 g/mol. The molecule has 0 radical (unpaired) electrons. The molecule has 1 fully saturated rings. The molecule has 92 valence electrons. The molecule has 6 heteroatoms. The highest BCUT2D eigenvalue weighted by atomic mass is 35.5. The SMILES string of the molecule is C[C@@H](NC(=O)[C@@H]1CCC(=O)N1)c1ccc(Cl)s1. The van der Waals surface area contributed by atoms with E-state index in [0.717, 1.165) is 4.88 Å². The molecule has 0 aromatic carbocycles. The monoisotopic (exact) mass is 272 g/mol. The van der Waals surface area contributed by atoms with Crippen LogP contribution >= 0.6 is 22.9 Å². The van der Waals surface area contributed by atoms with Crippen LogP contribution in [-0.2, 0) is 9.59 Å². The molecule has 1 aliphatic rings. The van der Waals surface area contributed by atoms with E-state index in [-0.39, 0.29) is 23.9 Å². The normalized spacial score (nSPS) is 21.1. The standard InChI is InChI=1S/C11H13ClN2O2S/c1-6(8-3-4-9(12)17-8)13-11(16)7-2-5-10(15)14-7/h3-4,6-7H,2,5H2,1H3,(H,13,16)(H,14,15)/t6-,7+/m1/s1. The van der Waals surface area contributed by atoms with Crippen LogP contribution in [0.4, 0.5) is 0 Å². The second kappa shape index (κ2) is 5.06. The van der Waals surface area contributed by atoms with Gasteiger partial charge in [0.25, 0.3) is 0 Å². The summed E-state index contributed by atoms with van der Waals surface area (Å²) in [5.74, 6) is -0.190. The second-order valence-electron chi connectivity index (χ2n) is 4.03. The highest BCUT2D eigenvalue weighted by Crippen LogP contribution is 2.26. The third-order valence-corrected chi connectivity index (χ3v) is 4.11. The van der Waals surface area contributed by atoms with Crippen LogP contribution < -0.4 is 10.6 Å². The van der Waals surface area contributed by atoms with Crippen LogP contribution in [0.2, 0.25) is 4.34 Å². The maximum absolute atomic E-state index is 11.8. The summed E-state index contributed by atoms with van der Waals surface area (Å²) in [5, 5.41) is 5.51. The van der Waals surface area contributed by atoms with Gasteiger partial charge in [-0.05, 0) is 25.5 Å². The van der Waals surface area contributed by atoms with Crippen LogP contribution in [-0.4, -0.2) is 17.9 Å². The number of carbonyl (C=O) groups excluding carboxylic acids is 2. The van der Waals surface area contributed by atoms with Crippen molar-refractivity contribution in [2.24, 2.45) is 0 Å². The molecule has 2 amide bonds. The fraction of sp³-hybridized carbons (Fsp3) is 0.455. The van der Waals surface area contributed by atoms with Crippen LogP contribution in [0.3, 0.4) is 0 Å². The first-order chi connectivity index (χ1) is 8.06. The van der Waals surface area contributed by atoms with Gasteiger partial charge in [0.05, 0.1) is 10.4 Å². The Kier molecular flexibility index (Phi) is 3.69. The van der Waals surface area contributed by atoms with Gasteiger partial charge in [-0.1, -0.05) is 11.6 Å². The van der Waals surface area contributed by atoms with Gasteiger partial charge in [0.1, 0.15) is 6.04 Å². The van der Waals surface area contributed by atoms with Crippen molar-refractivity contribution in [1.82, 2.24) is 10.6 Å². The highest BCUT2D eigenvalue weighted by molar-refractivity contribution is 7.16. The van der Waals surface area contributed by atoms with E-state index >= 15 is 0 Å². The maximum Gasteiger partial charge on any atom is 0.243 e. The Labute approximate surface area is 108 Å². The first-order valence-corrected chi connectivity index (χ1v) is 6.60. The summed E-state index contributed by atoms with van der Waals surface area (Å²) in [6, 6.07) is 3.23. The topological polar surface area (TPSA) is 58.2 Å². The van der Waals surface area contributed by atoms with E-state index in [2.05, 4.69) is 10.6 Å². The van der Waals surface area contributed by atoms with Crippen molar-refractivity contribution < 1.29 is 9.59 Å². The van der Waals surface area contributed by atoms with Crippen LogP contribution in [0.25, 0.3) is 0 Å². The summed E-state index contributed by atoms with van der Waals surface area (Å²) < 4.78 is 0.704. The van der Waals surface area contributed by atoms with Gasteiger partial charge in [-0.15, -0.1) is 11.3 Å². The van der Waals surface area contributed by atoms with Gasteiger partial charge in [-0.2, -0.15) is 0 Å². The molecule has 0 saturated carbocycles. The zero-order valence-electron chi connectivity index (χ0n) is 9.33. The zero-order chi connectivity index (χ0) is 12.4. The predicted molar refractivity (Wildman–Crippen MR) is 67.1 cm³/mol. The van der Waals surface area contributed by atoms with Gasteiger partial charge in [0.15, 0.2) is 0 Å².